The molecule has 0 aliphatic heterocycles. The lowest BCUT2D eigenvalue weighted by Crippen LogP contribution is -2.13. The van der Waals surface area contributed by atoms with Crippen LogP contribution in [0, 0.1) is 0 Å². The van der Waals surface area contributed by atoms with Crippen LogP contribution in [0.25, 0.3) is 0 Å². The monoisotopic (exact) mass is 450 g/mol. The molecule has 0 saturated carbocycles. The molecule has 3 aromatic rings. The third kappa shape index (κ3) is 6.25. The molecule has 29 heavy (non-hydrogen) atoms. The van der Waals surface area contributed by atoms with Gasteiger partial charge in [0.2, 0.25) is 0 Å². The number of rotatable bonds is 9. The smallest absolute Gasteiger partial charge is 0.163 e. The van der Waals surface area contributed by atoms with Crippen LogP contribution in [0.4, 0.5) is 0 Å². The molecule has 1 aromatic heterocycles. The van der Waals surface area contributed by atoms with Gasteiger partial charge in [-0.2, -0.15) is 0 Å². The molecule has 1 N–H and O–H groups in total. The zero-order valence-corrected chi connectivity index (χ0v) is 18.2. The van der Waals surface area contributed by atoms with Crippen molar-refractivity contribution in [1.82, 2.24) is 10.3 Å². The van der Waals surface area contributed by atoms with Crippen molar-refractivity contribution in [1.29, 1.82) is 0 Å². The summed E-state index contributed by atoms with van der Waals surface area (Å²) in [6.45, 7) is 4.05. The number of benzene rings is 2. The van der Waals surface area contributed by atoms with Crippen LogP contribution in [0.1, 0.15) is 23.6 Å². The topological polar surface area (TPSA) is 43.4 Å². The van der Waals surface area contributed by atoms with E-state index in [9.17, 15) is 0 Å². The highest BCUT2D eigenvalue weighted by Crippen LogP contribution is 2.35. The van der Waals surface area contributed by atoms with E-state index >= 15 is 0 Å². The summed E-state index contributed by atoms with van der Waals surface area (Å²) >= 11 is 18.7. The number of halogens is 3. The van der Waals surface area contributed by atoms with E-state index in [0.29, 0.717) is 39.7 Å². The fourth-order valence-corrected chi connectivity index (χ4v) is 3.41. The van der Waals surface area contributed by atoms with Gasteiger partial charge in [0, 0.05) is 52.2 Å². The highest BCUT2D eigenvalue weighted by atomic mass is 35.5. The summed E-state index contributed by atoms with van der Waals surface area (Å²) in [5.74, 6) is 1.21. The summed E-state index contributed by atoms with van der Waals surface area (Å²) in [6, 6.07) is 12.9. The molecule has 0 bridgehead atoms. The van der Waals surface area contributed by atoms with Gasteiger partial charge in [-0.3, -0.25) is 4.98 Å². The lowest BCUT2D eigenvalue weighted by Gasteiger charge is -2.16. The number of pyridine rings is 1. The largest absolute Gasteiger partial charge is 0.490 e. The molecular weight excluding hydrogens is 431 g/mol. The Labute approximate surface area is 185 Å². The number of hydrogen-bond acceptors (Lipinski definition) is 4. The van der Waals surface area contributed by atoms with E-state index < -0.39 is 0 Å². The van der Waals surface area contributed by atoms with E-state index in [-0.39, 0.29) is 6.61 Å². The van der Waals surface area contributed by atoms with Crippen molar-refractivity contribution in [2.75, 3.05) is 6.61 Å². The number of nitrogens with one attached hydrogen (secondary N) is 1. The normalized spacial score (nSPS) is 10.8. The van der Waals surface area contributed by atoms with Gasteiger partial charge < -0.3 is 14.8 Å². The van der Waals surface area contributed by atoms with Crippen molar-refractivity contribution in [3.63, 3.8) is 0 Å². The minimum Gasteiger partial charge on any atom is -0.490 e. The standard InChI is InChI=1S/C22H21Cl3N2O2/c1-2-28-21-9-17(13-27-12-15-5-7-26-8-6-15)20(25)11-22(21)29-14-16-3-4-18(23)10-19(16)24/h3-11,27H,2,12-14H2,1H3. The molecule has 3 rings (SSSR count). The second-order valence-electron chi connectivity index (χ2n) is 6.31. The minimum absolute atomic E-state index is 0.284. The second-order valence-corrected chi connectivity index (χ2v) is 7.56. The summed E-state index contributed by atoms with van der Waals surface area (Å²) in [7, 11) is 0. The van der Waals surface area contributed by atoms with Gasteiger partial charge in [0.1, 0.15) is 6.61 Å². The Hall–Kier alpha value is -1.98. The van der Waals surface area contributed by atoms with Crippen LogP contribution < -0.4 is 14.8 Å². The van der Waals surface area contributed by atoms with Crippen LogP contribution in [0.5, 0.6) is 11.5 Å². The summed E-state index contributed by atoms with van der Waals surface area (Å²) < 4.78 is 11.7. The molecule has 0 radical (unpaired) electrons. The summed E-state index contributed by atoms with van der Waals surface area (Å²) in [5.41, 5.74) is 2.92. The molecule has 0 aliphatic rings. The average Bonchev–Trinajstić information content (AvgIpc) is 2.71. The fourth-order valence-electron chi connectivity index (χ4n) is 2.73. The molecule has 0 aliphatic carbocycles. The Morgan fingerprint density at radius 1 is 0.828 bits per heavy atom. The SMILES string of the molecule is CCOc1cc(CNCc2ccncc2)c(Cl)cc1OCc1ccc(Cl)cc1Cl. The Morgan fingerprint density at radius 2 is 1.55 bits per heavy atom. The Balaban J connectivity index is 1.69. The first-order valence-corrected chi connectivity index (χ1v) is 10.3. The van der Waals surface area contributed by atoms with Crippen molar-refractivity contribution in [3.8, 4) is 11.5 Å². The molecule has 0 atom stereocenters. The first kappa shape index (κ1) is 21.7. The summed E-state index contributed by atoms with van der Waals surface area (Å²) in [5, 5.41) is 5.12. The van der Waals surface area contributed by atoms with Gasteiger partial charge in [0.05, 0.1) is 6.61 Å². The molecule has 0 spiro atoms. The van der Waals surface area contributed by atoms with Gasteiger partial charge in [-0.15, -0.1) is 0 Å². The van der Waals surface area contributed by atoms with E-state index in [4.69, 9.17) is 44.3 Å². The molecular formula is C22H21Cl3N2O2. The van der Waals surface area contributed by atoms with Gasteiger partial charge in [-0.25, -0.2) is 0 Å². The van der Waals surface area contributed by atoms with Gasteiger partial charge in [0.25, 0.3) is 0 Å². The molecule has 0 amide bonds. The van der Waals surface area contributed by atoms with E-state index in [1.807, 2.05) is 31.2 Å². The number of ether oxygens (including phenoxy) is 2. The zero-order chi connectivity index (χ0) is 20.6. The molecule has 0 unspecified atom stereocenters. The Bertz CT molecular complexity index is 952. The first-order chi connectivity index (χ1) is 14.1. The van der Waals surface area contributed by atoms with Crippen LogP contribution in [-0.4, -0.2) is 11.6 Å². The van der Waals surface area contributed by atoms with E-state index in [0.717, 1.165) is 23.2 Å². The van der Waals surface area contributed by atoms with Crippen molar-refractivity contribution < 1.29 is 9.47 Å². The van der Waals surface area contributed by atoms with Crippen molar-refractivity contribution in [2.45, 2.75) is 26.6 Å². The third-order valence-electron chi connectivity index (χ3n) is 4.20. The number of hydrogen-bond donors (Lipinski definition) is 1. The van der Waals surface area contributed by atoms with Crippen LogP contribution in [0.3, 0.4) is 0 Å². The minimum atomic E-state index is 0.284. The van der Waals surface area contributed by atoms with Crippen LogP contribution in [0.2, 0.25) is 15.1 Å². The summed E-state index contributed by atoms with van der Waals surface area (Å²) in [6.07, 6.45) is 3.55. The van der Waals surface area contributed by atoms with Crippen LogP contribution in [0.15, 0.2) is 54.9 Å². The number of nitrogens with zero attached hydrogens (tertiary/aromatic N) is 1. The van der Waals surface area contributed by atoms with E-state index in [2.05, 4.69) is 10.3 Å². The molecule has 152 valence electrons. The van der Waals surface area contributed by atoms with Crippen LogP contribution in [-0.2, 0) is 19.7 Å². The van der Waals surface area contributed by atoms with E-state index in [1.165, 1.54) is 0 Å². The Morgan fingerprint density at radius 3 is 2.28 bits per heavy atom. The average molecular weight is 452 g/mol. The van der Waals surface area contributed by atoms with Crippen LogP contribution >= 0.6 is 34.8 Å². The van der Waals surface area contributed by atoms with Crippen molar-refractivity contribution in [3.05, 3.63) is 86.6 Å². The first-order valence-electron chi connectivity index (χ1n) is 9.18. The van der Waals surface area contributed by atoms with Gasteiger partial charge in [0.15, 0.2) is 11.5 Å². The predicted octanol–water partition coefficient (Wildman–Crippen LogP) is 6.31. The van der Waals surface area contributed by atoms with Gasteiger partial charge >= 0.3 is 0 Å². The molecule has 0 fully saturated rings. The van der Waals surface area contributed by atoms with Crippen molar-refractivity contribution in [2.24, 2.45) is 0 Å². The Kier molecular flexibility index (Phi) is 8.01. The molecule has 1 heterocycles. The second kappa shape index (κ2) is 10.7. The molecule has 7 heteroatoms. The summed E-state index contributed by atoms with van der Waals surface area (Å²) in [4.78, 5) is 4.02. The third-order valence-corrected chi connectivity index (χ3v) is 5.14. The highest BCUT2D eigenvalue weighted by molar-refractivity contribution is 6.35. The lowest BCUT2D eigenvalue weighted by molar-refractivity contribution is 0.269. The van der Waals surface area contributed by atoms with Crippen molar-refractivity contribution >= 4 is 34.8 Å². The lowest BCUT2D eigenvalue weighted by atomic mass is 10.2. The van der Waals surface area contributed by atoms with E-state index in [1.54, 1.807) is 30.6 Å². The zero-order valence-electron chi connectivity index (χ0n) is 15.9. The molecule has 0 saturated heterocycles. The van der Waals surface area contributed by atoms with Gasteiger partial charge in [-0.05, 0) is 48.4 Å². The highest BCUT2D eigenvalue weighted by Gasteiger charge is 2.12. The maximum absolute atomic E-state index is 6.49. The predicted molar refractivity (Wildman–Crippen MR) is 118 cm³/mol. The van der Waals surface area contributed by atoms with Gasteiger partial charge in [-0.1, -0.05) is 40.9 Å². The maximum atomic E-state index is 6.49. The maximum Gasteiger partial charge on any atom is 0.163 e. The molecule has 4 nitrogen and oxygen atoms in total. The number of aromatic nitrogens is 1. The molecule has 2 aromatic carbocycles. The quantitative estimate of drug-likeness (QED) is 0.414. The fraction of sp³-hybridized carbons (Fsp3) is 0.227.